The molecule has 3 nitrogen and oxygen atoms in total. The molecule has 1 N–H and O–H groups in total. The van der Waals surface area contributed by atoms with Crippen molar-refractivity contribution in [2.45, 2.75) is 64.9 Å². The summed E-state index contributed by atoms with van der Waals surface area (Å²) in [6.45, 7) is 4.42. The highest BCUT2D eigenvalue weighted by molar-refractivity contribution is 5.72. The minimum atomic E-state index is -0.883. The van der Waals surface area contributed by atoms with Gasteiger partial charge < -0.3 is 9.84 Å². The Hall–Kier alpha value is -1.01. The number of aliphatic carboxylic acids is 1. The first kappa shape index (κ1) is 16.0. The van der Waals surface area contributed by atoms with Crippen LogP contribution in [0.2, 0.25) is 0 Å². The molecule has 0 saturated heterocycles. The first-order chi connectivity index (χ1) is 8.22. The topological polar surface area (TPSA) is 46.5 Å². The van der Waals surface area contributed by atoms with E-state index in [-0.39, 0.29) is 6.61 Å². The lowest BCUT2D eigenvalue weighted by Crippen LogP contribution is -2.23. The predicted molar refractivity (Wildman–Crippen MR) is 68.8 cm³/mol. The second-order valence-corrected chi connectivity index (χ2v) is 4.09. The van der Waals surface area contributed by atoms with Gasteiger partial charge in [-0.25, -0.2) is 4.79 Å². The molecule has 0 spiro atoms. The van der Waals surface area contributed by atoms with Crippen molar-refractivity contribution in [2.24, 2.45) is 0 Å². The van der Waals surface area contributed by atoms with Crippen molar-refractivity contribution in [3.8, 4) is 11.8 Å². The van der Waals surface area contributed by atoms with Gasteiger partial charge in [0.2, 0.25) is 0 Å². The average Bonchev–Trinajstić information content (AvgIpc) is 2.31. The maximum atomic E-state index is 10.8. The van der Waals surface area contributed by atoms with E-state index in [1.165, 1.54) is 12.8 Å². The second kappa shape index (κ2) is 11.5. The van der Waals surface area contributed by atoms with Crippen LogP contribution in [0.3, 0.4) is 0 Å². The zero-order chi connectivity index (χ0) is 12.9. The third-order valence-electron chi connectivity index (χ3n) is 2.48. The molecule has 0 amide bonds. The van der Waals surface area contributed by atoms with Gasteiger partial charge in [-0.05, 0) is 12.8 Å². The Labute approximate surface area is 105 Å². The number of carboxylic acid groups (broad SMARTS) is 1. The van der Waals surface area contributed by atoms with Crippen LogP contribution in [-0.4, -0.2) is 23.8 Å². The van der Waals surface area contributed by atoms with Crippen molar-refractivity contribution in [3.05, 3.63) is 0 Å². The molecule has 17 heavy (non-hydrogen) atoms. The number of unbranched alkanes of at least 4 members (excludes halogenated alkanes) is 4. The number of carbonyl (C=O) groups is 1. The Kier molecular flexibility index (Phi) is 10.8. The first-order valence-electron chi connectivity index (χ1n) is 6.52. The summed E-state index contributed by atoms with van der Waals surface area (Å²) in [5.74, 6) is 4.99. The lowest BCUT2D eigenvalue weighted by atomic mass is 10.1. The molecule has 0 saturated carbocycles. The summed E-state index contributed by atoms with van der Waals surface area (Å²) in [4.78, 5) is 10.8. The zero-order valence-electron chi connectivity index (χ0n) is 11.0. The molecule has 0 aliphatic heterocycles. The smallest absolute Gasteiger partial charge is 0.332 e. The van der Waals surface area contributed by atoms with Gasteiger partial charge in [0.25, 0.3) is 0 Å². The fraction of sp³-hybridized carbons (Fsp3) is 0.786. The molecule has 0 radical (unpaired) electrons. The molecular weight excluding hydrogens is 216 g/mol. The molecule has 0 aliphatic carbocycles. The molecule has 0 aromatic heterocycles. The summed E-state index contributed by atoms with van der Waals surface area (Å²) in [6, 6.07) is 0. The Morgan fingerprint density at radius 2 is 1.88 bits per heavy atom. The lowest BCUT2D eigenvalue weighted by molar-refractivity contribution is -0.149. The summed E-state index contributed by atoms with van der Waals surface area (Å²) in [5.41, 5.74) is 0. The molecule has 0 heterocycles. The van der Waals surface area contributed by atoms with Crippen LogP contribution in [0.25, 0.3) is 0 Å². The van der Waals surface area contributed by atoms with E-state index in [9.17, 15) is 4.79 Å². The molecule has 98 valence electrons. The molecule has 1 atom stereocenters. The van der Waals surface area contributed by atoms with Gasteiger partial charge in [-0.3, -0.25) is 0 Å². The Morgan fingerprint density at radius 3 is 2.47 bits per heavy atom. The van der Waals surface area contributed by atoms with Crippen molar-refractivity contribution < 1.29 is 14.6 Å². The van der Waals surface area contributed by atoms with E-state index in [0.717, 1.165) is 25.7 Å². The highest BCUT2D eigenvalue weighted by atomic mass is 16.5. The second-order valence-electron chi connectivity index (χ2n) is 4.09. The van der Waals surface area contributed by atoms with Crippen molar-refractivity contribution in [2.75, 3.05) is 6.61 Å². The maximum absolute atomic E-state index is 10.8. The highest BCUT2D eigenvalue weighted by Gasteiger charge is 2.16. The SMILES string of the molecule is CCCCCC#CCOC(CCCC)C(=O)O. The highest BCUT2D eigenvalue weighted by Crippen LogP contribution is 2.04. The van der Waals surface area contributed by atoms with Gasteiger partial charge in [-0.1, -0.05) is 45.5 Å². The largest absolute Gasteiger partial charge is 0.479 e. The van der Waals surface area contributed by atoms with Crippen LogP contribution in [0.1, 0.15) is 58.8 Å². The molecule has 0 fully saturated rings. The van der Waals surface area contributed by atoms with E-state index < -0.39 is 12.1 Å². The Bertz CT molecular complexity index is 250. The van der Waals surface area contributed by atoms with Gasteiger partial charge in [-0.2, -0.15) is 0 Å². The zero-order valence-corrected chi connectivity index (χ0v) is 11.0. The summed E-state index contributed by atoms with van der Waals surface area (Å²) < 4.78 is 5.24. The van der Waals surface area contributed by atoms with Crippen LogP contribution < -0.4 is 0 Å². The lowest BCUT2D eigenvalue weighted by Gasteiger charge is -2.10. The summed E-state index contributed by atoms with van der Waals surface area (Å²) in [6.07, 6.45) is 6.12. The van der Waals surface area contributed by atoms with E-state index in [1.54, 1.807) is 0 Å². The van der Waals surface area contributed by atoms with Crippen molar-refractivity contribution >= 4 is 5.97 Å². The third kappa shape index (κ3) is 9.89. The Morgan fingerprint density at radius 1 is 1.18 bits per heavy atom. The van der Waals surface area contributed by atoms with E-state index >= 15 is 0 Å². The van der Waals surface area contributed by atoms with Gasteiger partial charge in [0.15, 0.2) is 6.10 Å². The van der Waals surface area contributed by atoms with Crippen LogP contribution in [0.4, 0.5) is 0 Å². The van der Waals surface area contributed by atoms with Gasteiger partial charge >= 0.3 is 5.97 Å². The standard InChI is InChI=1S/C14H24O3/c1-3-5-7-8-9-10-12-17-13(14(15)16)11-6-4-2/h13H,3-8,11-12H2,1-2H3,(H,15,16). The molecule has 0 aromatic rings. The van der Waals surface area contributed by atoms with E-state index in [1.807, 2.05) is 6.92 Å². The van der Waals surface area contributed by atoms with Gasteiger partial charge in [-0.15, -0.1) is 5.92 Å². The molecule has 1 unspecified atom stereocenters. The normalized spacial score (nSPS) is 11.6. The minimum absolute atomic E-state index is 0.229. The van der Waals surface area contributed by atoms with Gasteiger partial charge in [0, 0.05) is 6.42 Å². The van der Waals surface area contributed by atoms with Gasteiger partial charge in [0.05, 0.1) is 0 Å². The average molecular weight is 240 g/mol. The van der Waals surface area contributed by atoms with Crippen molar-refractivity contribution in [3.63, 3.8) is 0 Å². The fourth-order valence-corrected chi connectivity index (χ4v) is 1.41. The van der Waals surface area contributed by atoms with Gasteiger partial charge in [0.1, 0.15) is 6.61 Å². The van der Waals surface area contributed by atoms with Crippen LogP contribution in [-0.2, 0) is 9.53 Å². The number of hydrogen-bond donors (Lipinski definition) is 1. The number of hydrogen-bond acceptors (Lipinski definition) is 2. The molecular formula is C14H24O3. The molecule has 0 aromatic carbocycles. The number of rotatable bonds is 9. The molecule has 0 rings (SSSR count). The summed E-state index contributed by atoms with van der Waals surface area (Å²) >= 11 is 0. The maximum Gasteiger partial charge on any atom is 0.332 e. The number of ether oxygens (including phenoxy) is 1. The first-order valence-corrected chi connectivity index (χ1v) is 6.52. The quantitative estimate of drug-likeness (QED) is 0.497. The summed E-state index contributed by atoms with van der Waals surface area (Å²) in [7, 11) is 0. The van der Waals surface area contributed by atoms with Crippen LogP contribution >= 0.6 is 0 Å². The van der Waals surface area contributed by atoms with Crippen LogP contribution in [0.15, 0.2) is 0 Å². The van der Waals surface area contributed by atoms with Crippen LogP contribution in [0, 0.1) is 11.8 Å². The minimum Gasteiger partial charge on any atom is -0.479 e. The molecule has 3 heteroatoms. The Balaban J connectivity index is 3.69. The number of carboxylic acids is 1. The van der Waals surface area contributed by atoms with E-state index in [0.29, 0.717) is 6.42 Å². The monoisotopic (exact) mass is 240 g/mol. The molecule has 0 bridgehead atoms. The fourth-order valence-electron chi connectivity index (χ4n) is 1.41. The van der Waals surface area contributed by atoms with Crippen molar-refractivity contribution in [1.29, 1.82) is 0 Å². The third-order valence-corrected chi connectivity index (χ3v) is 2.48. The summed E-state index contributed by atoms with van der Waals surface area (Å²) in [5, 5.41) is 8.90. The van der Waals surface area contributed by atoms with E-state index in [2.05, 4.69) is 18.8 Å². The van der Waals surface area contributed by atoms with Crippen LogP contribution in [0.5, 0.6) is 0 Å². The predicted octanol–water partition coefficient (Wildman–Crippen LogP) is 3.23. The van der Waals surface area contributed by atoms with E-state index in [4.69, 9.17) is 9.84 Å². The molecule has 0 aliphatic rings. The van der Waals surface area contributed by atoms with Crippen molar-refractivity contribution in [1.82, 2.24) is 0 Å².